The fourth-order valence-corrected chi connectivity index (χ4v) is 1.69. The van der Waals surface area contributed by atoms with Gasteiger partial charge in [0.25, 0.3) is 10.1 Å². The Morgan fingerprint density at radius 3 is 2.27 bits per heavy atom. The Labute approximate surface area is 114 Å². The molecule has 1 N–H and O–H groups in total. The maximum absolute atomic E-state index is 10.4. The summed E-state index contributed by atoms with van der Waals surface area (Å²) in [6.07, 6.45) is -0.126. The molecule has 0 fully saturated rings. The van der Waals surface area contributed by atoms with Gasteiger partial charge in [0, 0.05) is 0 Å². The van der Waals surface area contributed by atoms with Crippen molar-refractivity contribution in [1.82, 2.24) is 0 Å². The summed E-state index contributed by atoms with van der Waals surface area (Å²) >= 11 is -5.43. The molecule has 2 unspecified atom stereocenters. The van der Waals surface area contributed by atoms with Gasteiger partial charge < -0.3 is 4.55 Å². The molecule has 0 saturated heterocycles. The summed E-state index contributed by atoms with van der Waals surface area (Å²) in [5.41, 5.74) is 0. The van der Waals surface area contributed by atoms with Crippen LogP contribution in [-0.4, -0.2) is 38.3 Å². The zero-order chi connectivity index (χ0) is 11.2. The van der Waals surface area contributed by atoms with E-state index < -0.39 is 38.6 Å². The summed E-state index contributed by atoms with van der Waals surface area (Å²) in [7, 11) is -4.09. The molecule has 0 aromatic rings. The molecular weight excluding hydrogens is 283 g/mol. The van der Waals surface area contributed by atoms with Crippen LogP contribution in [0.15, 0.2) is 0 Å². The third kappa shape index (κ3) is 15.1. The van der Waals surface area contributed by atoms with Crippen LogP contribution in [0.1, 0.15) is 6.42 Å². The fourth-order valence-electron chi connectivity index (χ4n) is 0.433. The second kappa shape index (κ2) is 9.15. The molecule has 8 nitrogen and oxygen atoms in total. The molecule has 0 rings (SSSR count). The van der Waals surface area contributed by atoms with Crippen LogP contribution in [0, 0.1) is 0 Å². The van der Waals surface area contributed by atoms with Crippen LogP contribution >= 0.6 is 0 Å². The molecule has 0 spiro atoms. The van der Waals surface area contributed by atoms with Gasteiger partial charge >= 0.3 is 40.9 Å². The molecule has 0 aliphatic heterocycles. The summed E-state index contributed by atoms with van der Waals surface area (Å²) < 4.78 is 66.4. The standard InChI is InChI=1S/C3H8O8S3.Na/c4-12(5)11-13(6)10-2-1-3-14(7,8)9;/h1-3H2,(H,4,5)(H,7,8,9);/q;+1/p-1. The van der Waals surface area contributed by atoms with Crippen LogP contribution < -0.4 is 29.6 Å². The quantitative estimate of drug-likeness (QED) is 0.215. The average molecular weight is 290 g/mol. The molecular formula is C3H7NaO8S3. The van der Waals surface area contributed by atoms with Crippen LogP contribution in [-0.2, 0) is 40.7 Å². The number of hydrogen-bond donors (Lipinski definition) is 1. The van der Waals surface area contributed by atoms with Gasteiger partial charge in [0.15, 0.2) is 0 Å². The Hall–Kier alpha value is 1.09. The first-order chi connectivity index (χ1) is 6.31. The van der Waals surface area contributed by atoms with Gasteiger partial charge in [-0.1, -0.05) is 0 Å². The van der Waals surface area contributed by atoms with Crippen molar-refractivity contribution in [3.63, 3.8) is 0 Å². The van der Waals surface area contributed by atoms with Crippen molar-refractivity contribution in [3.05, 3.63) is 0 Å². The third-order valence-electron chi connectivity index (χ3n) is 0.837. The van der Waals surface area contributed by atoms with E-state index in [4.69, 9.17) is 4.55 Å². The van der Waals surface area contributed by atoms with Crippen LogP contribution in [0.25, 0.3) is 0 Å². The first-order valence-corrected chi connectivity index (χ1v) is 6.70. The zero-order valence-electron chi connectivity index (χ0n) is 7.65. The van der Waals surface area contributed by atoms with Gasteiger partial charge in [0.05, 0.1) is 12.4 Å². The minimum atomic E-state index is -4.09. The second-order valence-corrected chi connectivity index (χ2v) is 5.11. The molecule has 0 radical (unpaired) electrons. The van der Waals surface area contributed by atoms with E-state index in [0.717, 1.165) is 0 Å². The van der Waals surface area contributed by atoms with Gasteiger partial charge in [0.1, 0.15) is 11.4 Å². The van der Waals surface area contributed by atoms with E-state index in [1.807, 2.05) is 0 Å². The molecule has 0 saturated carbocycles. The summed E-state index contributed by atoms with van der Waals surface area (Å²) in [5.74, 6) is -0.565. The monoisotopic (exact) mass is 290 g/mol. The summed E-state index contributed by atoms with van der Waals surface area (Å²) in [5, 5.41) is 0. The van der Waals surface area contributed by atoms with Gasteiger partial charge in [-0.05, 0) is 6.42 Å². The van der Waals surface area contributed by atoms with Crippen molar-refractivity contribution >= 4 is 32.8 Å². The molecule has 0 bridgehead atoms. The summed E-state index contributed by atoms with van der Waals surface area (Å²) in [6.45, 7) is -0.316. The van der Waals surface area contributed by atoms with E-state index in [0.29, 0.717) is 0 Å². The van der Waals surface area contributed by atoms with Crippen LogP contribution in [0.5, 0.6) is 0 Å². The summed E-state index contributed by atoms with van der Waals surface area (Å²) in [4.78, 5) is 0. The maximum Gasteiger partial charge on any atom is 1.00 e. The molecule has 0 aliphatic carbocycles. The third-order valence-corrected chi connectivity index (χ3v) is 2.89. The average Bonchev–Trinajstić information content (AvgIpc) is 1.95. The second-order valence-electron chi connectivity index (χ2n) is 1.94. The van der Waals surface area contributed by atoms with Crippen LogP contribution in [0.4, 0.5) is 0 Å². The topological polar surface area (TPSA) is 130 Å². The predicted octanol–water partition coefficient (Wildman–Crippen LogP) is -4.33. The predicted molar refractivity (Wildman–Crippen MR) is 45.1 cm³/mol. The van der Waals surface area contributed by atoms with Crippen molar-refractivity contribution in [2.45, 2.75) is 6.42 Å². The first-order valence-electron chi connectivity index (χ1n) is 3.09. The van der Waals surface area contributed by atoms with Gasteiger partial charge in [0.2, 0.25) is 0 Å². The van der Waals surface area contributed by atoms with E-state index in [1.54, 1.807) is 0 Å². The van der Waals surface area contributed by atoms with E-state index in [-0.39, 0.29) is 42.6 Å². The van der Waals surface area contributed by atoms with Crippen molar-refractivity contribution in [2.75, 3.05) is 12.4 Å². The Morgan fingerprint density at radius 1 is 1.33 bits per heavy atom. The Morgan fingerprint density at radius 2 is 1.87 bits per heavy atom. The smallest absolute Gasteiger partial charge is 0.749 e. The molecule has 2 atom stereocenters. The maximum atomic E-state index is 10.4. The number of hydrogen-bond acceptors (Lipinski definition) is 7. The SMILES string of the molecule is O=S([O-])OS(=O)OCCCS(=O)(=O)O.[Na+]. The van der Waals surface area contributed by atoms with E-state index >= 15 is 0 Å². The molecule has 0 heterocycles. The van der Waals surface area contributed by atoms with Crippen molar-refractivity contribution in [1.29, 1.82) is 0 Å². The molecule has 0 aromatic carbocycles. The first kappa shape index (κ1) is 18.5. The molecule has 86 valence electrons. The van der Waals surface area contributed by atoms with Gasteiger partial charge in [-0.15, -0.1) is 0 Å². The van der Waals surface area contributed by atoms with Gasteiger partial charge in [-0.2, -0.15) is 16.3 Å². The normalized spacial score (nSPS) is 15.3. The Balaban J connectivity index is 0. The zero-order valence-corrected chi connectivity index (χ0v) is 12.1. The Kier molecular flexibility index (Phi) is 11.3. The minimum absolute atomic E-state index is 0. The van der Waals surface area contributed by atoms with Crippen LogP contribution in [0.2, 0.25) is 0 Å². The van der Waals surface area contributed by atoms with Crippen LogP contribution in [0.3, 0.4) is 0 Å². The van der Waals surface area contributed by atoms with Gasteiger partial charge in [-0.25, -0.2) is 4.21 Å². The molecule has 0 amide bonds. The minimum Gasteiger partial charge on any atom is -0.749 e. The molecule has 0 aliphatic rings. The van der Waals surface area contributed by atoms with E-state index in [9.17, 15) is 21.4 Å². The van der Waals surface area contributed by atoms with Gasteiger partial charge in [-0.3, -0.25) is 8.74 Å². The van der Waals surface area contributed by atoms with E-state index in [1.165, 1.54) is 0 Å². The fraction of sp³-hybridized carbons (Fsp3) is 1.00. The number of rotatable bonds is 7. The van der Waals surface area contributed by atoms with Crippen molar-refractivity contribution in [2.24, 2.45) is 0 Å². The van der Waals surface area contributed by atoms with Crippen molar-refractivity contribution < 1.29 is 63.3 Å². The van der Waals surface area contributed by atoms with E-state index in [2.05, 4.69) is 7.81 Å². The molecule has 15 heavy (non-hydrogen) atoms. The summed E-state index contributed by atoms with van der Waals surface area (Å²) in [6, 6.07) is 0. The molecule has 12 heteroatoms. The Bertz CT molecular complexity index is 311. The van der Waals surface area contributed by atoms with Crippen molar-refractivity contribution in [3.8, 4) is 0 Å². The largest absolute Gasteiger partial charge is 1.00 e. The molecule has 0 aromatic heterocycles.